The molecule has 0 aliphatic heterocycles. The Labute approximate surface area is 220 Å². The first-order valence-corrected chi connectivity index (χ1v) is 13.0. The van der Waals surface area contributed by atoms with E-state index in [4.69, 9.17) is 5.11 Å². The molecule has 3 aromatic carbocycles. The van der Waals surface area contributed by atoms with Gasteiger partial charge in [0.05, 0.1) is 6.54 Å². The standard InChI is InChI=1S/C32H36N2O3/c1-23-9-10-24(13-20-31(35)36)21-30(23)34(32(37)28-7-5-4-6-8-28)22-25-11-14-26(15-12-25)27-16-18-29(19-17-27)33(2)3/h9-21,28H,4-8,22H2,1-3H3,(H,35,36). The van der Waals surface area contributed by atoms with E-state index in [-0.39, 0.29) is 11.8 Å². The number of benzene rings is 3. The van der Waals surface area contributed by atoms with Crippen molar-refractivity contribution in [3.05, 3.63) is 89.5 Å². The number of aryl methyl sites for hydroxylation is 1. The topological polar surface area (TPSA) is 60.9 Å². The van der Waals surface area contributed by atoms with Crippen molar-refractivity contribution in [1.82, 2.24) is 0 Å². The van der Waals surface area contributed by atoms with Crippen molar-refractivity contribution < 1.29 is 14.7 Å². The molecule has 0 bridgehead atoms. The van der Waals surface area contributed by atoms with Gasteiger partial charge >= 0.3 is 5.97 Å². The van der Waals surface area contributed by atoms with Gasteiger partial charge in [0, 0.05) is 37.5 Å². The Morgan fingerprint density at radius 2 is 1.51 bits per heavy atom. The number of rotatable bonds is 8. The molecule has 192 valence electrons. The van der Waals surface area contributed by atoms with E-state index in [9.17, 15) is 9.59 Å². The Kier molecular flexibility index (Phi) is 8.44. The van der Waals surface area contributed by atoms with Crippen LogP contribution in [0.1, 0.15) is 48.8 Å². The summed E-state index contributed by atoms with van der Waals surface area (Å²) in [4.78, 5) is 28.8. The third-order valence-corrected chi connectivity index (χ3v) is 7.17. The maximum absolute atomic E-state index is 13.8. The molecule has 1 N–H and O–H groups in total. The Morgan fingerprint density at radius 1 is 0.892 bits per heavy atom. The van der Waals surface area contributed by atoms with Crippen LogP contribution in [0.5, 0.6) is 0 Å². The summed E-state index contributed by atoms with van der Waals surface area (Å²) in [5, 5.41) is 9.05. The van der Waals surface area contributed by atoms with Crippen LogP contribution < -0.4 is 9.80 Å². The lowest BCUT2D eigenvalue weighted by molar-refractivity contribution is -0.131. The summed E-state index contributed by atoms with van der Waals surface area (Å²) in [6, 6.07) is 22.7. The maximum atomic E-state index is 13.8. The molecule has 0 radical (unpaired) electrons. The summed E-state index contributed by atoms with van der Waals surface area (Å²) in [5.74, 6) is -0.805. The second kappa shape index (κ2) is 11.9. The number of carboxylic acid groups (broad SMARTS) is 1. The lowest BCUT2D eigenvalue weighted by Crippen LogP contribution is -2.37. The molecule has 1 amide bonds. The van der Waals surface area contributed by atoms with Gasteiger partial charge in [0.1, 0.15) is 0 Å². The summed E-state index contributed by atoms with van der Waals surface area (Å²) in [7, 11) is 4.06. The Balaban J connectivity index is 1.62. The lowest BCUT2D eigenvalue weighted by atomic mass is 9.88. The minimum absolute atomic E-state index is 0.0286. The minimum Gasteiger partial charge on any atom is -0.478 e. The highest BCUT2D eigenvalue weighted by atomic mass is 16.4. The molecule has 0 aromatic heterocycles. The first-order valence-electron chi connectivity index (χ1n) is 13.0. The normalized spacial score (nSPS) is 14.0. The van der Waals surface area contributed by atoms with Gasteiger partial charge in [0.15, 0.2) is 0 Å². The smallest absolute Gasteiger partial charge is 0.328 e. The van der Waals surface area contributed by atoms with Gasteiger partial charge in [-0.3, -0.25) is 4.79 Å². The molecule has 0 atom stereocenters. The number of hydrogen-bond donors (Lipinski definition) is 1. The highest BCUT2D eigenvalue weighted by molar-refractivity contribution is 5.96. The van der Waals surface area contributed by atoms with Crippen molar-refractivity contribution >= 4 is 29.3 Å². The van der Waals surface area contributed by atoms with Crippen molar-refractivity contribution in [3.63, 3.8) is 0 Å². The van der Waals surface area contributed by atoms with Crippen LogP contribution in [0.4, 0.5) is 11.4 Å². The van der Waals surface area contributed by atoms with Gasteiger partial charge < -0.3 is 14.9 Å². The quantitative estimate of drug-likeness (QED) is 0.343. The zero-order valence-electron chi connectivity index (χ0n) is 22.0. The molecule has 0 saturated heterocycles. The lowest BCUT2D eigenvalue weighted by Gasteiger charge is -2.31. The van der Waals surface area contributed by atoms with Gasteiger partial charge in [-0.25, -0.2) is 4.79 Å². The van der Waals surface area contributed by atoms with E-state index in [0.717, 1.165) is 71.0 Å². The van der Waals surface area contributed by atoms with Crippen LogP contribution >= 0.6 is 0 Å². The van der Waals surface area contributed by atoms with Crippen molar-refractivity contribution in [2.75, 3.05) is 23.9 Å². The predicted molar refractivity (Wildman–Crippen MR) is 152 cm³/mol. The Hall–Kier alpha value is -3.86. The summed E-state index contributed by atoms with van der Waals surface area (Å²) < 4.78 is 0. The molecule has 37 heavy (non-hydrogen) atoms. The van der Waals surface area contributed by atoms with Gasteiger partial charge in [0.25, 0.3) is 0 Å². The minimum atomic E-state index is -0.992. The molecule has 1 fully saturated rings. The average molecular weight is 497 g/mol. The highest BCUT2D eigenvalue weighted by Crippen LogP contribution is 2.32. The Morgan fingerprint density at radius 3 is 2.11 bits per heavy atom. The third kappa shape index (κ3) is 6.67. The van der Waals surface area contributed by atoms with Crippen molar-refractivity contribution in [2.24, 2.45) is 5.92 Å². The second-order valence-electron chi connectivity index (χ2n) is 10.1. The largest absolute Gasteiger partial charge is 0.478 e. The molecule has 3 aromatic rings. The van der Waals surface area contributed by atoms with Gasteiger partial charge in [-0.05, 0) is 71.9 Å². The van der Waals surface area contributed by atoms with Crippen LogP contribution in [0, 0.1) is 12.8 Å². The molecule has 5 nitrogen and oxygen atoms in total. The van der Waals surface area contributed by atoms with Crippen LogP contribution in [0.3, 0.4) is 0 Å². The molecule has 0 spiro atoms. The van der Waals surface area contributed by atoms with E-state index in [1.165, 1.54) is 6.42 Å². The van der Waals surface area contributed by atoms with Crippen molar-refractivity contribution in [3.8, 4) is 11.1 Å². The van der Waals surface area contributed by atoms with Crippen LogP contribution in [0.2, 0.25) is 0 Å². The SMILES string of the molecule is Cc1ccc(C=CC(=O)O)cc1N(Cc1ccc(-c2ccc(N(C)C)cc2)cc1)C(=O)C1CCCCC1. The molecule has 4 rings (SSSR count). The summed E-state index contributed by atoms with van der Waals surface area (Å²) in [6.07, 6.45) is 7.92. The van der Waals surface area contributed by atoms with E-state index >= 15 is 0 Å². The second-order valence-corrected chi connectivity index (χ2v) is 10.1. The zero-order valence-corrected chi connectivity index (χ0v) is 22.0. The summed E-state index contributed by atoms with van der Waals surface area (Å²) >= 11 is 0. The molecule has 1 aliphatic rings. The number of carbonyl (C=O) groups excluding carboxylic acids is 1. The average Bonchev–Trinajstić information content (AvgIpc) is 2.92. The number of carboxylic acids is 1. The number of nitrogens with zero attached hydrogens (tertiary/aromatic N) is 2. The number of aliphatic carboxylic acids is 1. The number of hydrogen-bond acceptors (Lipinski definition) is 3. The van der Waals surface area contributed by atoms with E-state index in [1.807, 2.05) is 44.1 Å². The fourth-order valence-corrected chi connectivity index (χ4v) is 4.98. The molecule has 0 unspecified atom stereocenters. The van der Waals surface area contributed by atoms with Crippen LogP contribution in [0.25, 0.3) is 17.2 Å². The monoisotopic (exact) mass is 496 g/mol. The molecular formula is C32H36N2O3. The maximum Gasteiger partial charge on any atom is 0.328 e. The number of amides is 1. The van der Waals surface area contributed by atoms with E-state index in [2.05, 4.69) is 53.4 Å². The number of carbonyl (C=O) groups is 2. The van der Waals surface area contributed by atoms with Gasteiger partial charge in [-0.15, -0.1) is 0 Å². The third-order valence-electron chi connectivity index (χ3n) is 7.17. The van der Waals surface area contributed by atoms with Gasteiger partial charge in [-0.2, -0.15) is 0 Å². The number of anilines is 2. The van der Waals surface area contributed by atoms with Crippen LogP contribution in [0.15, 0.2) is 72.8 Å². The highest BCUT2D eigenvalue weighted by Gasteiger charge is 2.28. The van der Waals surface area contributed by atoms with E-state index in [1.54, 1.807) is 6.08 Å². The summed E-state index contributed by atoms with van der Waals surface area (Å²) in [6.45, 7) is 2.48. The molecule has 5 heteroatoms. The van der Waals surface area contributed by atoms with Gasteiger partial charge in [-0.1, -0.05) is 67.8 Å². The molecule has 0 heterocycles. The van der Waals surface area contributed by atoms with E-state index < -0.39 is 5.97 Å². The van der Waals surface area contributed by atoms with E-state index in [0.29, 0.717) is 6.54 Å². The van der Waals surface area contributed by atoms with Gasteiger partial charge in [0.2, 0.25) is 5.91 Å². The van der Waals surface area contributed by atoms with Crippen LogP contribution in [-0.2, 0) is 16.1 Å². The zero-order chi connectivity index (χ0) is 26.4. The first-order chi connectivity index (χ1) is 17.8. The molecular weight excluding hydrogens is 460 g/mol. The molecule has 1 saturated carbocycles. The summed E-state index contributed by atoms with van der Waals surface area (Å²) in [5.41, 5.74) is 7.11. The predicted octanol–water partition coefficient (Wildman–Crippen LogP) is 6.94. The van der Waals surface area contributed by atoms with Crippen molar-refractivity contribution in [2.45, 2.75) is 45.6 Å². The first kappa shape index (κ1) is 26.2. The fraction of sp³-hybridized carbons (Fsp3) is 0.312. The Bertz CT molecular complexity index is 1250. The van der Waals surface area contributed by atoms with Crippen molar-refractivity contribution in [1.29, 1.82) is 0 Å². The van der Waals surface area contributed by atoms with Crippen LogP contribution in [-0.4, -0.2) is 31.1 Å². The fourth-order valence-electron chi connectivity index (χ4n) is 4.98. The molecule has 1 aliphatic carbocycles.